The minimum atomic E-state index is -1.10. The fourth-order valence-corrected chi connectivity index (χ4v) is 7.72. The molecule has 3 aliphatic carbocycles. The fraction of sp³-hybridized carbons (Fsp3) is 0.600. The van der Waals surface area contributed by atoms with Crippen molar-refractivity contribution in [1.82, 2.24) is 9.80 Å². The predicted molar refractivity (Wildman–Crippen MR) is 128 cm³/mol. The van der Waals surface area contributed by atoms with Gasteiger partial charge in [0.15, 0.2) is 0 Å². The van der Waals surface area contributed by atoms with Gasteiger partial charge in [0.25, 0.3) is 0 Å². The molecule has 4 aliphatic rings. The number of benzene rings is 1. The molecule has 5 rings (SSSR count). The standard InChI is InChI=1S/C25H33BrN4O2/c1-29-13-15-30(16-14-29)12-2-9-24(21(27)31)19-7-8-20(23(19)10-11-23)25(24,22(28)32)17-3-5-18(26)6-4-17/h3-8,19-20H,2,9-16H2,1H3,(H2,27,31)(H2,28,32)/t19-,20+,24+,25-/m1/s1. The number of nitrogens with zero attached hydrogens (tertiary/aromatic N) is 2. The summed E-state index contributed by atoms with van der Waals surface area (Å²) in [4.78, 5) is 31.7. The first-order chi connectivity index (χ1) is 15.3. The Labute approximate surface area is 198 Å². The van der Waals surface area contributed by atoms with Crippen molar-refractivity contribution in [2.75, 3.05) is 39.8 Å². The molecule has 7 heteroatoms. The van der Waals surface area contributed by atoms with E-state index >= 15 is 0 Å². The van der Waals surface area contributed by atoms with Gasteiger partial charge in [-0.1, -0.05) is 40.2 Å². The molecular weight excluding hydrogens is 468 g/mol. The molecule has 1 aromatic rings. The summed E-state index contributed by atoms with van der Waals surface area (Å²) in [6, 6.07) is 7.78. The van der Waals surface area contributed by atoms with Crippen LogP contribution in [-0.2, 0) is 15.0 Å². The molecule has 4 atom stereocenters. The number of nitrogens with two attached hydrogens (primary N) is 2. The zero-order chi connectivity index (χ0) is 22.7. The smallest absolute Gasteiger partial charge is 0.229 e. The number of likely N-dealkylation sites (N-methyl/N-ethyl adjacent to an activating group) is 1. The lowest BCUT2D eigenvalue weighted by molar-refractivity contribution is -0.144. The second-order valence-electron chi connectivity index (χ2n) is 10.3. The van der Waals surface area contributed by atoms with Crippen LogP contribution < -0.4 is 11.5 Å². The van der Waals surface area contributed by atoms with E-state index < -0.39 is 16.7 Å². The van der Waals surface area contributed by atoms with Gasteiger partial charge in [0.1, 0.15) is 0 Å². The van der Waals surface area contributed by atoms with E-state index in [0.29, 0.717) is 6.42 Å². The Morgan fingerprint density at radius 2 is 1.62 bits per heavy atom. The molecule has 1 spiro atoms. The molecule has 3 fully saturated rings. The first-order valence-electron chi connectivity index (χ1n) is 11.7. The van der Waals surface area contributed by atoms with Crippen LogP contribution in [0.2, 0.25) is 0 Å². The SMILES string of the molecule is CN1CCN(CCC[C@@]2(C(N)=O)[C@@H]3C=C[C@@H](C34CC4)[C@@]2(C(N)=O)c2ccc(Br)cc2)CC1. The Hall–Kier alpha value is -1.70. The molecule has 2 saturated carbocycles. The third kappa shape index (κ3) is 2.83. The van der Waals surface area contributed by atoms with Gasteiger partial charge in [-0.2, -0.15) is 0 Å². The van der Waals surface area contributed by atoms with Crippen molar-refractivity contribution in [3.63, 3.8) is 0 Å². The van der Waals surface area contributed by atoms with Crippen LogP contribution in [0.5, 0.6) is 0 Å². The van der Waals surface area contributed by atoms with Crippen molar-refractivity contribution >= 4 is 27.7 Å². The highest BCUT2D eigenvalue weighted by Gasteiger charge is 2.82. The van der Waals surface area contributed by atoms with Crippen molar-refractivity contribution in [1.29, 1.82) is 0 Å². The van der Waals surface area contributed by atoms with Gasteiger partial charge in [-0.05, 0) is 68.3 Å². The molecule has 0 aromatic heterocycles. The third-order valence-electron chi connectivity index (χ3n) is 9.03. The molecule has 32 heavy (non-hydrogen) atoms. The van der Waals surface area contributed by atoms with E-state index in [1.54, 1.807) is 0 Å². The molecule has 1 heterocycles. The molecule has 2 bridgehead atoms. The van der Waals surface area contributed by atoms with Gasteiger partial charge < -0.3 is 21.3 Å². The average molecular weight is 501 g/mol. The first kappa shape index (κ1) is 22.1. The summed E-state index contributed by atoms with van der Waals surface area (Å²) in [5, 5.41) is 0. The summed E-state index contributed by atoms with van der Waals surface area (Å²) < 4.78 is 0.931. The molecule has 172 valence electrons. The summed E-state index contributed by atoms with van der Waals surface area (Å²) in [6.45, 7) is 5.09. The lowest BCUT2D eigenvalue weighted by Crippen LogP contribution is -2.62. The average Bonchev–Trinajstić information content (AvgIpc) is 3.43. The van der Waals surface area contributed by atoms with Crippen LogP contribution in [0.25, 0.3) is 0 Å². The van der Waals surface area contributed by atoms with Crippen molar-refractivity contribution in [2.45, 2.75) is 31.1 Å². The summed E-state index contributed by atoms with van der Waals surface area (Å²) in [5.41, 5.74) is 11.2. The Morgan fingerprint density at radius 1 is 1.00 bits per heavy atom. The van der Waals surface area contributed by atoms with Crippen LogP contribution in [-0.4, -0.2) is 61.4 Å². The number of hydrogen-bond acceptors (Lipinski definition) is 4. The maximum atomic E-state index is 13.5. The summed E-state index contributed by atoms with van der Waals surface area (Å²) in [6.07, 6.45) is 7.79. The van der Waals surface area contributed by atoms with E-state index in [-0.39, 0.29) is 23.2 Å². The molecule has 2 amide bonds. The second-order valence-corrected chi connectivity index (χ2v) is 11.3. The van der Waals surface area contributed by atoms with E-state index in [2.05, 4.69) is 44.9 Å². The lowest BCUT2D eigenvalue weighted by atomic mass is 9.52. The number of hydrogen-bond donors (Lipinski definition) is 2. The fourth-order valence-electron chi connectivity index (χ4n) is 7.46. The molecule has 6 nitrogen and oxygen atoms in total. The minimum absolute atomic E-state index is 0.0267. The van der Waals surface area contributed by atoms with Crippen LogP contribution >= 0.6 is 15.9 Å². The van der Waals surface area contributed by atoms with Crippen LogP contribution in [0, 0.1) is 22.7 Å². The Bertz CT molecular complexity index is 951. The highest BCUT2D eigenvalue weighted by atomic mass is 79.9. The van der Waals surface area contributed by atoms with Gasteiger partial charge in [-0.25, -0.2) is 0 Å². The van der Waals surface area contributed by atoms with Crippen molar-refractivity contribution in [3.8, 4) is 0 Å². The number of carbonyl (C=O) groups is 2. The van der Waals surface area contributed by atoms with Gasteiger partial charge in [0, 0.05) is 36.6 Å². The highest BCUT2D eigenvalue weighted by Crippen LogP contribution is 2.80. The molecule has 1 saturated heterocycles. The Kier molecular flexibility index (Phi) is 5.30. The highest BCUT2D eigenvalue weighted by molar-refractivity contribution is 9.10. The normalized spacial score (nSPS) is 35.4. The van der Waals surface area contributed by atoms with E-state index in [4.69, 9.17) is 11.5 Å². The van der Waals surface area contributed by atoms with Crippen LogP contribution in [0.3, 0.4) is 0 Å². The van der Waals surface area contributed by atoms with Gasteiger partial charge in [0.05, 0.1) is 10.8 Å². The quantitative estimate of drug-likeness (QED) is 0.561. The van der Waals surface area contributed by atoms with Crippen LogP contribution in [0.15, 0.2) is 40.9 Å². The summed E-state index contributed by atoms with van der Waals surface area (Å²) in [5.74, 6) is -0.891. The van der Waals surface area contributed by atoms with Crippen LogP contribution in [0.4, 0.5) is 0 Å². The zero-order valence-corrected chi connectivity index (χ0v) is 20.3. The largest absolute Gasteiger partial charge is 0.369 e. The molecule has 1 aliphatic heterocycles. The number of halogens is 1. The molecule has 0 unspecified atom stereocenters. The van der Waals surface area contributed by atoms with Gasteiger partial charge in [-0.15, -0.1) is 0 Å². The third-order valence-corrected chi connectivity index (χ3v) is 9.56. The number of primary amides is 2. The number of allylic oxidation sites excluding steroid dienone is 2. The molecule has 0 radical (unpaired) electrons. The topological polar surface area (TPSA) is 92.7 Å². The van der Waals surface area contributed by atoms with Gasteiger partial charge in [-0.3, -0.25) is 9.59 Å². The van der Waals surface area contributed by atoms with Gasteiger partial charge in [0.2, 0.25) is 11.8 Å². The minimum Gasteiger partial charge on any atom is -0.369 e. The zero-order valence-electron chi connectivity index (χ0n) is 18.7. The monoisotopic (exact) mass is 500 g/mol. The van der Waals surface area contributed by atoms with Crippen LogP contribution in [0.1, 0.15) is 31.2 Å². The van der Waals surface area contributed by atoms with E-state index in [9.17, 15) is 9.59 Å². The van der Waals surface area contributed by atoms with E-state index in [1.807, 2.05) is 24.3 Å². The summed E-state index contributed by atoms with van der Waals surface area (Å²) in [7, 11) is 2.15. The second kappa shape index (κ2) is 7.67. The molecular formula is C25H33BrN4O2. The Balaban J connectivity index is 1.55. The van der Waals surface area contributed by atoms with Gasteiger partial charge >= 0.3 is 0 Å². The predicted octanol–water partition coefficient (Wildman–Crippen LogP) is 2.27. The molecule has 4 N–H and O–H groups in total. The molecule has 1 aromatic carbocycles. The maximum Gasteiger partial charge on any atom is 0.229 e. The maximum absolute atomic E-state index is 13.5. The van der Waals surface area contributed by atoms with E-state index in [1.165, 1.54) is 0 Å². The van der Waals surface area contributed by atoms with Crippen molar-refractivity contribution in [2.24, 2.45) is 34.1 Å². The van der Waals surface area contributed by atoms with Crippen molar-refractivity contribution in [3.05, 3.63) is 46.5 Å². The number of carbonyl (C=O) groups excluding carboxylic acids is 2. The van der Waals surface area contributed by atoms with E-state index in [0.717, 1.165) is 62.0 Å². The lowest BCUT2D eigenvalue weighted by Gasteiger charge is -2.48. The van der Waals surface area contributed by atoms with Crippen molar-refractivity contribution < 1.29 is 9.59 Å². The number of amides is 2. The number of rotatable bonds is 7. The summed E-state index contributed by atoms with van der Waals surface area (Å²) >= 11 is 3.50. The first-order valence-corrected chi connectivity index (χ1v) is 12.5. The number of piperazine rings is 1. The Morgan fingerprint density at radius 3 is 2.19 bits per heavy atom.